The SMILES string of the molecule is CC(CCNC(=O)C(C)(NC(=O)OCC1c2ccccc2-c2ccccc21)C1CC1)C(=O)O. The Bertz CT molecular complexity index is 1020. The molecule has 2 aromatic carbocycles. The molecule has 2 atom stereocenters. The number of carboxylic acids is 1. The number of carbonyl (C=O) groups is 3. The van der Waals surface area contributed by atoms with E-state index >= 15 is 0 Å². The van der Waals surface area contributed by atoms with Gasteiger partial charge in [0.25, 0.3) is 0 Å². The van der Waals surface area contributed by atoms with Crippen LogP contribution in [-0.2, 0) is 14.3 Å². The maximum atomic E-state index is 12.9. The second-order valence-electron chi connectivity index (χ2n) is 9.21. The highest BCUT2D eigenvalue weighted by Crippen LogP contribution is 2.44. The molecular formula is C26H30N2O5. The predicted molar refractivity (Wildman–Crippen MR) is 124 cm³/mol. The van der Waals surface area contributed by atoms with Gasteiger partial charge in [0.1, 0.15) is 12.1 Å². The molecule has 7 heteroatoms. The van der Waals surface area contributed by atoms with Gasteiger partial charge in [0.15, 0.2) is 0 Å². The Morgan fingerprint density at radius 1 is 1.06 bits per heavy atom. The second kappa shape index (κ2) is 9.25. The lowest BCUT2D eigenvalue weighted by atomic mass is 9.94. The first-order chi connectivity index (χ1) is 15.8. The van der Waals surface area contributed by atoms with E-state index in [-0.39, 0.29) is 30.9 Å². The van der Waals surface area contributed by atoms with Crippen molar-refractivity contribution < 1.29 is 24.2 Å². The van der Waals surface area contributed by atoms with Gasteiger partial charge in [-0.05, 0) is 54.4 Å². The normalized spacial score (nSPS) is 17.3. The molecule has 2 amide bonds. The van der Waals surface area contributed by atoms with E-state index in [0.29, 0.717) is 6.42 Å². The highest BCUT2D eigenvalue weighted by molar-refractivity contribution is 5.90. The third-order valence-electron chi connectivity index (χ3n) is 6.86. The lowest BCUT2D eigenvalue weighted by Gasteiger charge is -2.29. The molecule has 3 N–H and O–H groups in total. The Morgan fingerprint density at radius 2 is 1.64 bits per heavy atom. The summed E-state index contributed by atoms with van der Waals surface area (Å²) < 4.78 is 5.63. The first-order valence-corrected chi connectivity index (χ1v) is 11.5. The van der Waals surface area contributed by atoms with Crippen LogP contribution in [0.5, 0.6) is 0 Å². The Balaban J connectivity index is 1.38. The zero-order valence-corrected chi connectivity index (χ0v) is 19.0. The van der Waals surface area contributed by atoms with Gasteiger partial charge in [0, 0.05) is 12.5 Å². The summed E-state index contributed by atoms with van der Waals surface area (Å²) in [4.78, 5) is 36.6. The quantitative estimate of drug-likeness (QED) is 0.537. The predicted octanol–water partition coefficient (Wildman–Crippen LogP) is 3.92. The van der Waals surface area contributed by atoms with Gasteiger partial charge in [-0.3, -0.25) is 9.59 Å². The van der Waals surface area contributed by atoms with E-state index in [0.717, 1.165) is 35.1 Å². The van der Waals surface area contributed by atoms with Crippen LogP contribution < -0.4 is 10.6 Å². The summed E-state index contributed by atoms with van der Waals surface area (Å²) in [6.45, 7) is 3.73. The van der Waals surface area contributed by atoms with E-state index in [9.17, 15) is 14.4 Å². The van der Waals surface area contributed by atoms with E-state index in [4.69, 9.17) is 9.84 Å². The molecule has 2 aliphatic carbocycles. The largest absolute Gasteiger partial charge is 0.481 e. The molecule has 0 radical (unpaired) electrons. The van der Waals surface area contributed by atoms with E-state index in [1.165, 1.54) is 0 Å². The highest BCUT2D eigenvalue weighted by Gasteiger charge is 2.48. The first kappa shape index (κ1) is 22.8. The van der Waals surface area contributed by atoms with Gasteiger partial charge in [-0.25, -0.2) is 4.79 Å². The number of fused-ring (bicyclic) bond motifs is 3. The molecule has 2 unspecified atom stereocenters. The Kier molecular flexibility index (Phi) is 6.40. The summed E-state index contributed by atoms with van der Waals surface area (Å²) >= 11 is 0. The summed E-state index contributed by atoms with van der Waals surface area (Å²) in [5.74, 6) is -1.77. The number of benzene rings is 2. The lowest BCUT2D eigenvalue weighted by Crippen LogP contribution is -2.58. The van der Waals surface area contributed by atoms with Gasteiger partial charge in [-0.15, -0.1) is 0 Å². The van der Waals surface area contributed by atoms with Crippen LogP contribution in [-0.4, -0.2) is 41.8 Å². The fourth-order valence-electron chi connectivity index (χ4n) is 4.56. The number of hydrogen-bond acceptors (Lipinski definition) is 4. The minimum absolute atomic E-state index is 0.0369. The first-order valence-electron chi connectivity index (χ1n) is 11.5. The molecule has 2 aliphatic rings. The molecule has 2 aromatic rings. The smallest absolute Gasteiger partial charge is 0.408 e. The number of carbonyl (C=O) groups excluding carboxylic acids is 2. The molecular weight excluding hydrogens is 420 g/mol. The monoisotopic (exact) mass is 450 g/mol. The lowest BCUT2D eigenvalue weighted by molar-refractivity contribution is -0.141. The van der Waals surface area contributed by atoms with Crippen molar-refractivity contribution in [1.82, 2.24) is 10.6 Å². The topological polar surface area (TPSA) is 105 Å². The number of alkyl carbamates (subject to hydrolysis) is 1. The average molecular weight is 451 g/mol. The van der Waals surface area contributed by atoms with Crippen LogP contribution in [0.1, 0.15) is 50.2 Å². The van der Waals surface area contributed by atoms with Crippen molar-refractivity contribution in [3.05, 3.63) is 59.7 Å². The van der Waals surface area contributed by atoms with Crippen molar-refractivity contribution in [3.8, 4) is 11.1 Å². The summed E-state index contributed by atoms with van der Waals surface area (Å²) in [7, 11) is 0. The van der Waals surface area contributed by atoms with Crippen LogP contribution in [0.4, 0.5) is 4.79 Å². The maximum Gasteiger partial charge on any atom is 0.408 e. The van der Waals surface area contributed by atoms with Gasteiger partial charge >= 0.3 is 12.1 Å². The molecule has 0 heterocycles. The summed E-state index contributed by atoms with van der Waals surface area (Å²) in [5, 5.41) is 14.6. The molecule has 174 valence electrons. The fraction of sp³-hybridized carbons (Fsp3) is 0.423. The molecule has 0 bridgehead atoms. The third-order valence-corrected chi connectivity index (χ3v) is 6.86. The van der Waals surface area contributed by atoms with Crippen molar-refractivity contribution in [3.63, 3.8) is 0 Å². The van der Waals surface area contributed by atoms with Crippen molar-refractivity contribution in [1.29, 1.82) is 0 Å². The molecule has 0 aliphatic heterocycles. The number of hydrogen-bond donors (Lipinski definition) is 3. The van der Waals surface area contributed by atoms with Crippen LogP contribution in [0.2, 0.25) is 0 Å². The minimum Gasteiger partial charge on any atom is -0.481 e. The second-order valence-corrected chi connectivity index (χ2v) is 9.21. The van der Waals surface area contributed by atoms with Gasteiger partial charge < -0.3 is 20.5 Å². The number of rotatable bonds is 9. The van der Waals surface area contributed by atoms with E-state index in [2.05, 4.69) is 34.9 Å². The molecule has 33 heavy (non-hydrogen) atoms. The van der Waals surface area contributed by atoms with Gasteiger partial charge in [0.05, 0.1) is 5.92 Å². The highest BCUT2D eigenvalue weighted by atomic mass is 16.5. The summed E-state index contributed by atoms with van der Waals surface area (Å²) in [6.07, 6.45) is 1.39. The van der Waals surface area contributed by atoms with Crippen LogP contribution in [0.15, 0.2) is 48.5 Å². The molecule has 0 saturated heterocycles. The van der Waals surface area contributed by atoms with E-state index in [1.807, 2.05) is 24.3 Å². The molecule has 1 fully saturated rings. The Hall–Kier alpha value is -3.35. The van der Waals surface area contributed by atoms with Gasteiger partial charge in [-0.1, -0.05) is 55.5 Å². The molecule has 0 spiro atoms. The van der Waals surface area contributed by atoms with E-state index in [1.54, 1.807) is 13.8 Å². The van der Waals surface area contributed by atoms with Gasteiger partial charge in [-0.2, -0.15) is 0 Å². The maximum absolute atomic E-state index is 12.9. The Labute approximate surface area is 193 Å². The zero-order chi connectivity index (χ0) is 23.6. The third kappa shape index (κ3) is 4.72. The minimum atomic E-state index is -1.09. The summed E-state index contributed by atoms with van der Waals surface area (Å²) in [5.41, 5.74) is 3.47. The zero-order valence-electron chi connectivity index (χ0n) is 19.0. The molecule has 1 saturated carbocycles. The van der Waals surface area contributed by atoms with Crippen molar-refractivity contribution in [2.75, 3.05) is 13.2 Å². The van der Waals surface area contributed by atoms with Crippen LogP contribution >= 0.6 is 0 Å². The number of amides is 2. The standard InChI is InChI=1S/C26H30N2O5/c1-16(23(29)30)13-14-27-24(31)26(2,17-11-12-17)28-25(32)33-15-22-20-9-5-3-7-18(20)19-8-4-6-10-21(19)22/h3-10,16-17,22H,11-15H2,1-2H3,(H,27,31)(H,28,32)(H,29,30). The van der Waals surface area contributed by atoms with E-state index < -0.39 is 23.5 Å². The number of aliphatic carboxylic acids is 1. The fourth-order valence-corrected chi connectivity index (χ4v) is 4.56. The molecule has 0 aromatic heterocycles. The number of carboxylic acid groups (broad SMARTS) is 1. The Morgan fingerprint density at radius 3 is 2.18 bits per heavy atom. The molecule has 7 nitrogen and oxygen atoms in total. The van der Waals surface area contributed by atoms with Crippen molar-refractivity contribution >= 4 is 18.0 Å². The van der Waals surface area contributed by atoms with Crippen molar-refractivity contribution in [2.24, 2.45) is 11.8 Å². The van der Waals surface area contributed by atoms with Crippen LogP contribution in [0, 0.1) is 11.8 Å². The summed E-state index contributed by atoms with van der Waals surface area (Å²) in [6, 6.07) is 16.2. The van der Waals surface area contributed by atoms with Crippen molar-refractivity contribution in [2.45, 2.75) is 44.6 Å². The van der Waals surface area contributed by atoms with Gasteiger partial charge in [0.2, 0.25) is 5.91 Å². The molecule has 4 rings (SSSR count). The average Bonchev–Trinajstić information content (AvgIpc) is 3.61. The number of ether oxygens (including phenoxy) is 1. The van der Waals surface area contributed by atoms with Crippen LogP contribution in [0.25, 0.3) is 11.1 Å². The number of nitrogens with one attached hydrogen (secondary N) is 2. The van der Waals surface area contributed by atoms with Crippen LogP contribution in [0.3, 0.4) is 0 Å².